The van der Waals surface area contributed by atoms with Crippen LogP contribution in [0.1, 0.15) is 48.8 Å². The smallest absolute Gasteiger partial charge is 1.00 e. The Hall–Kier alpha value is 0.246. The molecule has 0 radical (unpaired) electrons. The molecule has 0 heterocycles. The number of unbranched alkanes of at least 4 members (excludes halogenated alkanes) is 3. The van der Waals surface area contributed by atoms with E-state index in [1.54, 1.807) is 0 Å². The summed E-state index contributed by atoms with van der Waals surface area (Å²) in [5.41, 5.74) is 0. The van der Waals surface area contributed by atoms with Crippen LogP contribution in [-0.4, -0.2) is 23.1 Å². The van der Waals surface area contributed by atoms with Gasteiger partial charge in [0.25, 0.3) is 0 Å². The molecule has 0 aromatic carbocycles. The third-order valence-corrected chi connectivity index (χ3v) is 1.56. The number of hydrogen-bond donors (Lipinski definition) is 0. The maximum absolute atomic E-state index is 2.25. The van der Waals surface area contributed by atoms with Crippen molar-refractivity contribution in [3.8, 4) is 0 Å². The molecule has 0 N–H and O–H groups in total. The van der Waals surface area contributed by atoms with Crippen molar-refractivity contribution in [1.82, 2.24) is 0 Å². The van der Waals surface area contributed by atoms with Gasteiger partial charge in [-0.25, -0.2) is 0 Å². The number of hydrogen-bond acceptors (Lipinski definition) is 0. The molecule has 68 valence electrons. The van der Waals surface area contributed by atoms with Crippen LogP contribution < -0.4 is 0 Å². The van der Waals surface area contributed by atoms with Gasteiger partial charge in [-0.05, 0) is 12.8 Å². The van der Waals surface area contributed by atoms with Crippen LogP contribution in [0.5, 0.6) is 0 Å². The summed E-state index contributed by atoms with van der Waals surface area (Å²) in [5, 5.41) is 0. The molecule has 0 amide bonds. The summed E-state index contributed by atoms with van der Waals surface area (Å²) >= 11 is 0. The molecule has 0 aromatic rings. The van der Waals surface area contributed by atoms with Crippen molar-refractivity contribution in [2.75, 3.05) is 0 Å². The molecule has 0 aliphatic carbocycles. The van der Waals surface area contributed by atoms with Gasteiger partial charge >= 0.3 is 23.1 Å². The fourth-order valence-electron chi connectivity index (χ4n) is 0.838. The molecule has 0 aliphatic rings. The maximum Gasteiger partial charge on any atom is 2.00 e. The van der Waals surface area contributed by atoms with Gasteiger partial charge in [-0.3, -0.25) is 0 Å². The van der Waals surface area contributed by atoms with Crippen molar-refractivity contribution in [2.45, 2.75) is 46.0 Å². The van der Waals surface area contributed by atoms with E-state index in [1.165, 1.54) is 32.1 Å². The van der Waals surface area contributed by atoms with Crippen molar-refractivity contribution < 1.29 is 2.85 Å². The van der Waals surface area contributed by atoms with Crippen molar-refractivity contribution in [3.05, 3.63) is 24.3 Å². The maximum atomic E-state index is 2.25. The van der Waals surface area contributed by atoms with E-state index in [4.69, 9.17) is 0 Å². The molecular formula is C11H22Mg. The monoisotopic (exact) mass is 178 g/mol. The Morgan fingerprint density at radius 1 is 0.917 bits per heavy atom. The molecule has 0 nitrogen and oxygen atoms in total. The molecule has 12 heavy (non-hydrogen) atoms. The quantitative estimate of drug-likeness (QED) is 0.328. The van der Waals surface area contributed by atoms with E-state index in [0.29, 0.717) is 0 Å². The van der Waals surface area contributed by atoms with Gasteiger partial charge in [0, 0.05) is 0 Å². The van der Waals surface area contributed by atoms with Crippen LogP contribution in [0.4, 0.5) is 0 Å². The standard InChI is InChI=1S/C11H20.Mg.2H/c1-3-5-7-9-11-10-8-6-4-2;;;/h7,9-11H,3-6,8H2,1-2H3;;;/q;+2;2*-1/b9-7+,11-10-;;;. The Balaban J connectivity index is -0.000000167. The van der Waals surface area contributed by atoms with Crippen LogP contribution in [0.15, 0.2) is 24.3 Å². The van der Waals surface area contributed by atoms with Gasteiger partial charge in [-0.1, -0.05) is 57.4 Å². The molecule has 0 aliphatic heterocycles. The first kappa shape index (κ1) is 14.8. The van der Waals surface area contributed by atoms with Crippen molar-refractivity contribution in [1.29, 1.82) is 0 Å². The Bertz CT molecular complexity index is 122. The summed E-state index contributed by atoms with van der Waals surface area (Å²) in [6, 6.07) is 0. The van der Waals surface area contributed by atoms with Crippen LogP contribution in [0, 0.1) is 0 Å². The number of rotatable bonds is 6. The van der Waals surface area contributed by atoms with E-state index in [2.05, 4.69) is 38.2 Å². The predicted molar refractivity (Wildman–Crippen MR) is 60.7 cm³/mol. The SMILES string of the molecule is CCC/C=C/C=C\CCCC.[H-].[H-].[Mg+2]. The minimum Gasteiger partial charge on any atom is -1.00 e. The predicted octanol–water partition coefficient (Wildman–Crippen LogP) is 3.93. The van der Waals surface area contributed by atoms with Crippen LogP contribution in [0.3, 0.4) is 0 Å². The third-order valence-electron chi connectivity index (χ3n) is 1.56. The zero-order chi connectivity index (χ0) is 8.36. The molecule has 0 fully saturated rings. The summed E-state index contributed by atoms with van der Waals surface area (Å²) in [6.07, 6.45) is 15.1. The molecular weight excluding hydrogens is 156 g/mol. The first-order valence-electron chi connectivity index (χ1n) is 4.73. The summed E-state index contributed by atoms with van der Waals surface area (Å²) < 4.78 is 0. The fourth-order valence-corrected chi connectivity index (χ4v) is 0.838. The summed E-state index contributed by atoms with van der Waals surface area (Å²) in [4.78, 5) is 0. The molecule has 1 heteroatoms. The van der Waals surface area contributed by atoms with Gasteiger partial charge < -0.3 is 2.85 Å². The van der Waals surface area contributed by atoms with Gasteiger partial charge in [-0.15, -0.1) is 0 Å². The normalized spacial score (nSPS) is 10.8. The molecule has 0 atom stereocenters. The van der Waals surface area contributed by atoms with E-state index in [9.17, 15) is 0 Å². The molecule has 0 aromatic heterocycles. The second kappa shape index (κ2) is 13.8. The Morgan fingerprint density at radius 2 is 1.50 bits per heavy atom. The largest absolute Gasteiger partial charge is 2.00 e. The first-order valence-corrected chi connectivity index (χ1v) is 4.73. The molecule has 0 unspecified atom stereocenters. The Labute approximate surface area is 96.2 Å². The van der Waals surface area contributed by atoms with E-state index in [0.717, 1.165) is 0 Å². The molecule has 0 bridgehead atoms. The summed E-state index contributed by atoms with van der Waals surface area (Å²) in [6.45, 7) is 4.42. The zero-order valence-corrected chi connectivity index (χ0v) is 9.97. The topological polar surface area (TPSA) is 0 Å². The van der Waals surface area contributed by atoms with Gasteiger partial charge in [0.1, 0.15) is 0 Å². The van der Waals surface area contributed by atoms with Crippen molar-refractivity contribution in [2.24, 2.45) is 0 Å². The molecule has 0 rings (SSSR count). The van der Waals surface area contributed by atoms with E-state index in [-0.39, 0.29) is 25.9 Å². The minimum atomic E-state index is 0. The van der Waals surface area contributed by atoms with E-state index >= 15 is 0 Å². The molecule has 0 saturated carbocycles. The average Bonchev–Trinajstić information content (AvgIpc) is 2.03. The average molecular weight is 179 g/mol. The van der Waals surface area contributed by atoms with Gasteiger partial charge in [0.05, 0.1) is 0 Å². The first-order chi connectivity index (χ1) is 5.41. The van der Waals surface area contributed by atoms with Crippen LogP contribution in [0.25, 0.3) is 0 Å². The Morgan fingerprint density at radius 3 is 2.00 bits per heavy atom. The second-order valence-electron chi connectivity index (χ2n) is 2.79. The van der Waals surface area contributed by atoms with Gasteiger partial charge in [-0.2, -0.15) is 0 Å². The zero-order valence-electron chi connectivity index (χ0n) is 10.6. The second-order valence-corrected chi connectivity index (χ2v) is 2.79. The van der Waals surface area contributed by atoms with Crippen LogP contribution in [-0.2, 0) is 0 Å². The van der Waals surface area contributed by atoms with Crippen molar-refractivity contribution >= 4 is 23.1 Å². The fraction of sp³-hybridized carbons (Fsp3) is 0.636. The third kappa shape index (κ3) is 12.9. The summed E-state index contributed by atoms with van der Waals surface area (Å²) in [5.74, 6) is 0. The van der Waals surface area contributed by atoms with Gasteiger partial charge in [0.15, 0.2) is 0 Å². The van der Waals surface area contributed by atoms with Crippen LogP contribution >= 0.6 is 0 Å². The summed E-state index contributed by atoms with van der Waals surface area (Å²) in [7, 11) is 0. The van der Waals surface area contributed by atoms with Crippen LogP contribution in [0.2, 0.25) is 0 Å². The van der Waals surface area contributed by atoms with E-state index in [1.807, 2.05) is 0 Å². The Kier molecular flexibility index (Phi) is 17.0. The molecule has 0 spiro atoms. The minimum absolute atomic E-state index is 0. The van der Waals surface area contributed by atoms with Gasteiger partial charge in [0.2, 0.25) is 0 Å². The number of allylic oxidation sites excluding steroid dienone is 4. The molecule has 0 saturated heterocycles. The van der Waals surface area contributed by atoms with E-state index < -0.39 is 0 Å². The van der Waals surface area contributed by atoms with Crippen molar-refractivity contribution in [3.63, 3.8) is 0 Å².